The van der Waals surface area contributed by atoms with Crippen molar-refractivity contribution in [3.8, 4) is 5.75 Å². The van der Waals surface area contributed by atoms with Crippen LogP contribution in [-0.4, -0.2) is 25.0 Å². The summed E-state index contributed by atoms with van der Waals surface area (Å²) in [4.78, 5) is 26.4. The molecule has 0 saturated heterocycles. The van der Waals surface area contributed by atoms with Crippen LogP contribution in [0.1, 0.15) is 41.6 Å². The van der Waals surface area contributed by atoms with Crippen LogP contribution in [0, 0.1) is 20.8 Å². The van der Waals surface area contributed by atoms with Gasteiger partial charge in [0.15, 0.2) is 0 Å². The fourth-order valence-electron chi connectivity index (χ4n) is 3.61. The van der Waals surface area contributed by atoms with Crippen LogP contribution in [0.2, 0.25) is 0 Å². The van der Waals surface area contributed by atoms with Crippen LogP contribution in [-0.2, 0) is 9.59 Å². The zero-order chi connectivity index (χ0) is 19.6. The van der Waals surface area contributed by atoms with E-state index < -0.39 is 6.04 Å². The van der Waals surface area contributed by atoms with Crippen LogP contribution in [0.5, 0.6) is 5.75 Å². The van der Waals surface area contributed by atoms with Gasteiger partial charge >= 0.3 is 0 Å². The summed E-state index contributed by atoms with van der Waals surface area (Å²) >= 11 is 0. The molecule has 0 bridgehead atoms. The second kappa shape index (κ2) is 7.82. The summed E-state index contributed by atoms with van der Waals surface area (Å²) < 4.78 is 5.86. The molecule has 5 nitrogen and oxygen atoms in total. The van der Waals surface area contributed by atoms with Crippen molar-refractivity contribution < 1.29 is 14.3 Å². The van der Waals surface area contributed by atoms with Gasteiger partial charge in [-0.1, -0.05) is 30.3 Å². The van der Waals surface area contributed by atoms with Gasteiger partial charge in [0.1, 0.15) is 11.8 Å². The minimum atomic E-state index is -0.602. The Labute approximate surface area is 160 Å². The van der Waals surface area contributed by atoms with Gasteiger partial charge in [0.25, 0.3) is 5.91 Å². The molecule has 0 aliphatic carbocycles. The van der Waals surface area contributed by atoms with Crippen LogP contribution < -0.4 is 15.0 Å². The van der Waals surface area contributed by atoms with Gasteiger partial charge < -0.3 is 15.0 Å². The lowest BCUT2D eigenvalue weighted by Gasteiger charge is -2.20. The van der Waals surface area contributed by atoms with E-state index in [1.165, 1.54) is 6.92 Å². The number of nitrogens with zero attached hydrogens (tertiary/aromatic N) is 1. The Bertz CT molecular complexity index is 876. The number of ether oxygens (including phenoxy) is 1. The van der Waals surface area contributed by atoms with Gasteiger partial charge in [-0.15, -0.1) is 0 Å². The van der Waals surface area contributed by atoms with Crippen molar-refractivity contribution in [1.29, 1.82) is 0 Å². The van der Waals surface area contributed by atoms with E-state index in [0.29, 0.717) is 19.6 Å². The SMILES string of the molecule is CC(=O)N[C@H]1C(=O)N(CCCOc2ccccc2C)c2c(C)ccc(C)c21. The van der Waals surface area contributed by atoms with Gasteiger partial charge in [0.05, 0.1) is 12.3 Å². The zero-order valence-electron chi connectivity index (χ0n) is 16.3. The number of fused-ring (bicyclic) bond motifs is 1. The molecule has 3 rings (SSSR count). The molecule has 0 radical (unpaired) electrons. The Kier molecular flexibility index (Phi) is 5.49. The molecular weight excluding hydrogens is 340 g/mol. The van der Waals surface area contributed by atoms with Crippen LogP contribution in [0.3, 0.4) is 0 Å². The van der Waals surface area contributed by atoms with E-state index in [2.05, 4.69) is 5.32 Å². The highest BCUT2D eigenvalue weighted by Crippen LogP contribution is 2.40. The maximum Gasteiger partial charge on any atom is 0.254 e. The van der Waals surface area contributed by atoms with Gasteiger partial charge in [0, 0.05) is 19.0 Å². The number of hydrogen-bond acceptors (Lipinski definition) is 3. The van der Waals surface area contributed by atoms with Gasteiger partial charge in [-0.25, -0.2) is 0 Å². The molecule has 1 heterocycles. The molecule has 0 fully saturated rings. The second-order valence-corrected chi connectivity index (χ2v) is 7.05. The number of para-hydroxylation sites is 1. The summed E-state index contributed by atoms with van der Waals surface area (Å²) in [5.74, 6) is 0.590. The van der Waals surface area contributed by atoms with Crippen molar-refractivity contribution in [2.24, 2.45) is 0 Å². The lowest BCUT2D eigenvalue weighted by Crippen LogP contribution is -2.37. The highest BCUT2D eigenvalue weighted by molar-refractivity contribution is 6.07. The average Bonchev–Trinajstić information content (AvgIpc) is 2.90. The molecule has 0 saturated carbocycles. The Balaban J connectivity index is 1.74. The maximum absolute atomic E-state index is 13.0. The first-order valence-corrected chi connectivity index (χ1v) is 9.27. The molecule has 2 amide bonds. The van der Waals surface area contributed by atoms with E-state index in [9.17, 15) is 9.59 Å². The lowest BCUT2D eigenvalue weighted by molar-refractivity contribution is -0.126. The molecular formula is C22H26N2O3. The Morgan fingerprint density at radius 3 is 2.48 bits per heavy atom. The van der Waals surface area contributed by atoms with Crippen molar-refractivity contribution in [3.63, 3.8) is 0 Å². The van der Waals surface area contributed by atoms with E-state index in [1.807, 2.05) is 57.2 Å². The maximum atomic E-state index is 13.0. The first kappa shape index (κ1) is 19.0. The van der Waals surface area contributed by atoms with Crippen molar-refractivity contribution in [1.82, 2.24) is 5.32 Å². The number of carbonyl (C=O) groups excluding carboxylic acids is 2. The van der Waals surface area contributed by atoms with E-state index in [1.54, 1.807) is 4.90 Å². The summed E-state index contributed by atoms with van der Waals surface area (Å²) in [6.07, 6.45) is 0.708. The van der Waals surface area contributed by atoms with Crippen molar-refractivity contribution in [3.05, 3.63) is 58.7 Å². The molecule has 1 aliphatic heterocycles. The largest absolute Gasteiger partial charge is 0.493 e. The monoisotopic (exact) mass is 366 g/mol. The third-order valence-electron chi connectivity index (χ3n) is 4.93. The number of carbonyl (C=O) groups is 2. The van der Waals surface area contributed by atoms with Gasteiger partial charge in [-0.3, -0.25) is 9.59 Å². The topological polar surface area (TPSA) is 58.6 Å². The third-order valence-corrected chi connectivity index (χ3v) is 4.93. The number of hydrogen-bond donors (Lipinski definition) is 1. The quantitative estimate of drug-likeness (QED) is 0.795. The van der Waals surface area contributed by atoms with Gasteiger partial charge in [-0.2, -0.15) is 0 Å². The fraction of sp³-hybridized carbons (Fsp3) is 0.364. The molecule has 1 aliphatic rings. The number of nitrogens with one attached hydrogen (secondary N) is 1. The third kappa shape index (κ3) is 3.82. The van der Waals surface area contributed by atoms with Gasteiger partial charge in [-0.05, 0) is 49.9 Å². The molecule has 142 valence electrons. The van der Waals surface area contributed by atoms with Crippen LogP contribution in [0.25, 0.3) is 0 Å². The zero-order valence-corrected chi connectivity index (χ0v) is 16.3. The molecule has 27 heavy (non-hydrogen) atoms. The van der Waals surface area contributed by atoms with E-state index in [-0.39, 0.29) is 11.8 Å². The molecule has 2 aromatic carbocycles. The highest BCUT2D eigenvalue weighted by atomic mass is 16.5. The first-order chi connectivity index (χ1) is 12.9. The van der Waals surface area contributed by atoms with Crippen molar-refractivity contribution in [2.45, 2.75) is 40.2 Å². The van der Waals surface area contributed by atoms with Gasteiger partial charge in [0.2, 0.25) is 5.91 Å². The normalized spacial score (nSPS) is 15.6. The average molecular weight is 366 g/mol. The molecule has 1 atom stereocenters. The van der Waals surface area contributed by atoms with E-state index in [4.69, 9.17) is 4.74 Å². The molecule has 5 heteroatoms. The Morgan fingerprint density at radius 1 is 1.07 bits per heavy atom. The Morgan fingerprint density at radius 2 is 1.78 bits per heavy atom. The van der Waals surface area contributed by atoms with Crippen molar-refractivity contribution in [2.75, 3.05) is 18.1 Å². The molecule has 0 unspecified atom stereocenters. The van der Waals surface area contributed by atoms with Crippen LogP contribution in [0.4, 0.5) is 5.69 Å². The number of amides is 2. The number of rotatable bonds is 6. The van der Waals surface area contributed by atoms with Crippen molar-refractivity contribution >= 4 is 17.5 Å². The standard InChI is InChI=1S/C22H26N2O3/c1-14-8-5-6-9-18(14)27-13-7-12-24-21-16(3)11-10-15(2)19(21)20(22(24)26)23-17(4)25/h5-6,8-11,20H,7,12-13H2,1-4H3,(H,23,25)/t20-/m1/s1. The molecule has 0 spiro atoms. The molecule has 2 aromatic rings. The second-order valence-electron chi connectivity index (χ2n) is 7.05. The lowest BCUT2D eigenvalue weighted by atomic mass is 9.99. The van der Waals surface area contributed by atoms with Crippen LogP contribution >= 0.6 is 0 Å². The summed E-state index contributed by atoms with van der Waals surface area (Å²) in [7, 11) is 0. The van der Waals surface area contributed by atoms with E-state index in [0.717, 1.165) is 33.7 Å². The van der Waals surface area contributed by atoms with E-state index >= 15 is 0 Å². The smallest absolute Gasteiger partial charge is 0.254 e. The molecule has 1 N–H and O–H groups in total. The highest BCUT2D eigenvalue weighted by Gasteiger charge is 2.39. The summed E-state index contributed by atoms with van der Waals surface area (Å²) in [6, 6.07) is 11.3. The number of benzene rings is 2. The minimum absolute atomic E-state index is 0.0755. The number of anilines is 1. The molecule has 0 aromatic heterocycles. The summed E-state index contributed by atoms with van der Waals surface area (Å²) in [5.41, 5.74) is 4.99. The summed E-state index contributed by atoms with van der Waals surface area (Å²) in [6.45, 7) is 8.51. The number of aryl methyl sites for hydroxylation is 3. The minimum Gasteiger partial charge on any atom is -0.493 e. The predicted octanol–water partition coefficient (Wildman–Crippen LogP) is 3.60. The Hall–Kier alpha value is -2.82. The summed E-state index contributed by atoms with van der Waals surface area (Å²) in [5, 5.41) is 2.81. The first-order valence-electron chi connectivity index (χ1n) is 9.27. The predicted molar refractivity (Wildman–Crippen MR) is 106 cm³/mol. The fourth-order valence-corrected chi connectivity index (χ4v) is 3.61. The van der Waals surface area contributed by atoms with Crippen LogP contribution in [0.15, 0.2) is 36.4 Å².